The standard InChI is InChI=1S/C7H8FN3/c1-6-7(4-9)5-11(10-6)3-2-8/h5H,2-3H2,1H3. The van der Waals surface area contributed by atoms with E-state index >= 15 is 0 Å². The molecule has 0 bridgehead atoms. The van der Waals surface area contributed by atoms with Crippen LogP contribution in [0.3, 0.4) is 0 Å². The molecule has 1 heterocycles. The minimum absolute atomic E-state index is 0.225. The van der Waals surface area contributed by atoms with E-state index in [1.807, 2.05) is 6.07 Å². The molecule has 0 fully saturated rings. The van der Waals surface area contributed by atoms with Gasteiger partial charge in [0, 0.05) is 6.20 Å². The molecule has 0 spiro atoms. The van der Waals surface area contributed by atoms with Gasteiger partial charge in [-0.15, -0.1) is 0 Å². The van der Waals surface area contributed by atoms with Crippen LogP contribution in [-0.4, -0.2) is 16.5 Å². The van der Waals surface area contributed by atoms with Crippen LogP contribution in [0.5, 0.6) is 0 Å². The maximum atomic E-state index is 11.8. The molecule has 1 aromatic heterocycles. The molecule has 0 radical (unpaired) electrons. The Labute approximate surface area is 64.1 Å². The quantitative estimate of drug-likeness (QED) is 0.636. The van der Waals surface area contributed by atoms with Crippen molar-refractivity contribution in [3.63, 3.8) is 0 Å². The van der Waals surface area contributed by atoms with Crippen LogP contribution in [-0.2, 0) is 6.54 Å². The highest BCUT2D eigenvalue weighted by molar-refractivity contribution is 5.29. The molecular weight excluding hydrogens is 145 g/mol. The van der Waals surface area contributed by atoms with Gasteiger partial charge in [0.2, 0.25) is 0 Å². The Morgan fingerprint density at radius 3 is 3.00 bits per heavy atom. The zero-order valence-electron chi connectivity index (χ0n) is 6.21. The van der Waals surface area contributed by atoms with Crippen LogP contribution in [0.4, 0.5) is 4.39 Å². The fraction of sp³-hybridized carbons (Fsp3) is 0.429. The second-order valence-corrected chi connectivity index (χ2v) is 2.19. The number of halogens is 1. The third kappa shape index (κ3) is 1.55. The molecule has 0 amide bonds. The molecule has 0 aliphatic carbocycles. The molecule has 1 aromatic rings. The topological polar surface area (TPSA) is 41.6 Å². The van der Waals surface area contributed by atoms with Gasteiger partial charge in [0.25, 0.3) is 0 Å². The number of aryl methyl sites for hydroxylation is 2. The van der Waals surface area contributed by atoms with E-state index in [1.54, 1.807) is 13.1 Å². The molecule has 1 rings (SSSR count). The molecule has 4 heteroatoms. The van der Waals surface area contributed by atoms with Gasteiger partial charge in [-0.25, -0.2) is 4.39 Å². The zero-order chi connectivity index (χ0) is 8.27. The monoisotopic (exact) mass is 153 g/mol. The highest BCUT2D eigenvalue weighted by Crippen LogP contribution is 2.02. The first kappa shape index (κ1) is 7.73. The number of rotatable bonds is 2. The highest BCUT2D eigenvalue weighted by Gasteiger charge is 2.01. The van der Waals surface area contributed by atoms with Crippen molar-refractivity contribution in [1.29, 1.82) is 5.26 Å². The van der Waals surface area contributed by atoms with Crippen molar-refractivity contribution in [1.82, 2.24) is 9.78 Å². The number of nitriles is 1. The Kier molecular flexibility index (Phi) is 2.21. The van der Waals surface area contributed by atoms with Crippen LogP contribution < -0.4 is 0 Å². The van der Waals surface area contributed by atoms with Gasteiger partial charge in [-0.05, 0) is 6.92 Å². The van der Waals surface area contributed by atoms with E-state index < -0.39 is 6.67 Å². The molecule has 0 atom stereocenters. The summed E-state index contributed by atoms with van der Waals surface area (Å²) in [7, 11) is 0. The van der Waals surface area contributed by atoms with Crippen LogP contribution in [0.15, 0.2) is 6.20 Å². The van der Waals surface area contributed by atoms with Crippen LogP contribution >= 0.6 is 0 Å². The van der Waals surface area contributed by atoms with Crippen LogP contribution in [0.1, 0.15) is 11.3 Å². The van der Waals surface area contributed by atoms with E-state index in [4.69, 9.17) is 5.26 Å². The lowest BCUT2D eigenvalue weighted by Crippen LogP contribution is -1.99. The number of nitrogens with zero attached hydrogens (tertiary/aromatic N) is 3. The van der Waals surface area contributed by atoms with Gasteiger partial charge in [-0.3, -0.25) is 4.68 Å². The van der Waals surface area contributed by atoms with E-state index in [9.17, 15) is 4.39 Å². The van der Waals surface area contributed by atoms with Gasteiger partial charge in [0.05, 0.1) is 17.8 Å². The summed E-state index contributed by atoms with van der Waals surface area (Å²) in [5.41, 5.74) is 1.17. The Bertz CT molecular complexity index is 284. The van der Waals surface area contributed by atoms with Gasteiger partial charge in [-0.2, -0.15) is 10.4 Å². The molecule has 0 N–H and O–H groups in total. The first-order valence-electron chi connectivity index (χ1n) is 3.28. The minimum Gasteiger partial charge on any atom is -0.268 e. The van der Waals surface area contributed by atoms with Crippen molar-refractivity contribution in [2.75, 3.05) is 6.67 Å². The molecule has 0 unspecified atom stereocenters. The minimum atomic E-state index is -0.452. The Morgan fingerprint density at radius 2 is 2.55 bits per heavy atom. The maximum absolute atomic E-state index is 11.8. The summed E-state index contributed by atoms with van der Waals surface area (Å²) in [6, 6.07) is 1.97. The average Bonchev–Trinajstić information content (AvgIpc) is 2.32. The van der Waals surface area contributed by atoms with E-state index in [1.165, 1.54) is 4.68 Å². The maximum Gasteiger partial charge on any atom is 0.109 e. The number of alkyl halides is 1. The Balaban J connectivity index is 2.89. The number of hydrogen-bond acceptors (Lipinski definition) is 2. The van der Waals surface area contributed by atoms with Gasteiger partial charge in [-0.1, -0.05) is 0 Å². The van der Waals surface area contributed by atoms with Gasteiger partial charge in [0.15, 0.2) is 0 Å². The summed E-state index contributed by atoms with van der Waals surface area (Å²) in [4.78, 5) is 0. The lowest BCUT2D eigenvalue weighted by Gasteiger charge is -1.91. The summed E-state index contributed by atoms with van der Waals surface area (Å²) >= 11 is 0. The zero-order valence-corrected chi connectivity index (χ0v) is 6.21. The van der Waals surface area contributed by atoms with Crippen LogP contribution in [0, 0.1) is 18.3 Å². The molecule has 0 aromatic carbocycles. The summed E-state index contributed by atoms with van der Waals surface area (Å²) in [5.74, 6) is 0. The van der Waals surface area contributed by atoms with Crippen LogP contribution in [0.2, 0.25) is 0 Å². The lowest BCUT2D eigenvalue weighted by molar-refractivity contribution is 0.426. The molecule has 11 heavy (non-hydrogen) atoms. The fourth-order valence-corrected chi connectivity index (χ4v) is 0.829. The molecule has 0 saturated carbocycles. The lowest BCUT2D eigenvalue weighted by atomic mass is 10.3. The third-order valence-corrected chi connectivity index (χ3v) is 1.38. The predicted octanol–water partition coefficient (Wildman–Crippen LogP) is 1.03. The van der Waals surface area contributed by atoms with Crippen LogP contribution in [0.25, 0.3) is 0 Å². The van der Waals surface area contributed by atoms with E-state index in [2.05, 4.69) is 5.10 Å². The van der Waals surface area contributed by atoms with Crippen molar-refractivity contribution in [2.45, 2.75) is 13.5 Å². The van der Waals surface area contributed by atoms with E-state index in [-0.39, 0.29) is 6.54 Å². The molecule has 0 saturated heterocycles. The largest absolute Gasteiger partial charge is 0.268 e. The third-order valence-electron chi connectivity index (χ3n) is 1.38. The van der Waals surface area contributed by atoms with Crippen molar-refractivity contribution in [2.24, 2.45) is 0 Å². The summed E-state index contributed by atoms with van der Waals surface area (Å²) < 4.78 is 13.2. The van der Waals surface area contributed by atoms with Gasteiger partial charge < -0.3 is 0 Å². The highest BCUT2D eigenvalue weighted by atomic mass is 19.1. The normalized spacial score (nSPS) is 9.55. The van der Waals surface area contributed by atoms with E-state index in [0.717, 1.165) is 0 Å². The molecule has 0 aliphatic heterocycles. The SMILES string of the molecule is Cc1nn(CCF)cc1C#N. The summed E-state index contributed by atoms with van der Waals surface area (Å²) in [6.07, 6.45) is 1.55. The van der Waals surface area contributed by atoms with Crippen molar-refractivity contribution < 1.29 is 4.39 Å². The number of aromatic nitrogens is 2. The van der Waals surface area contributed by atoms with E-state index in [0.29, 0.717) is 11.3 Å². The fourth-order valence-electron chi connectivity index (χ4n) is 0.829. The molecule has 3 nitrogen and oxygen atoms in total. The molecular formula is C7H8FN3. The second-order valence-electron chi connectivity index (χ2n) is 2.19. The summed E-state index contributed by atoms with van der Waals surface area (Å²) in [6.45, 7) is 1.50. The Morgan fingerprint density at radius 1 is 1.82 bits per heavy atom. The average molecular weight is 153 g/mol. The molecule has 0 aliphatic rings. The number of hydrogen-bond donors (Lipinski definition) is 0. The second kappa shape index (κ2) is 3.15. The predicted molar refractivity (Wildman–Crippen MR) is 37.7 cm³/mol. The van der Waals surface area contributed by atoms with Crippen molar-refractivity contribution in [3.8, 4) is 6.07 Å². The van der Waals surface area contributed by atoms with Crippen molar-refractivity contribution >= 4 is 0 Å². The molecule has 58 valence electrons. The first-order chi connectivity index (χ1) is 5.27. The smallest absolute Gasteiger partial charge is 0.109 e. The van der Waals surface area contributed by atoms with Gasteiger partial charge in [0.1, 0.15) is 12.7 Å². The first-order valence-corrected chi connectivity index (χ1v) is 3.28. The summed E-state index contributed by atoms with van der Waals surface area (Å²) in [5, 5.41) is 12.4. The Hall–Kier alpha value is -1.37. The van der Waals surface area contributed by atoms with Crippen molar-refractivity contribution in [3.05, 3.63) is 17.5 Å². The van der Waals surface area contributed by atoms with Gasteiger partial charge >= 0.3 is 0 Å².